The summed E-state index contributed by atoms with van der Waals surface area (Å²) in [5.74, 6) is 6.01. The Hall–Kier alpha value is -0.780. The lowest BCUT2D eigenvalue weighted by Crippen LogP contribution is -2.43. The fraction of sp³-hybridized carbons (Fsp3) is 0.727. The summed E-state index contributed by atoms with van der Waals surface area (Å²) in [5, 5.41) is 0. The lowest BCUT2D eigenvalue weighted by atomic mass is 9.52. The average molecular weight is 294 g/mol. The van der Waals surface area contributed by atoms with Crippen molar-refractivity contribution in [1.82, 2.24) is 0 Å². The van der Waals surface area contributed by atoms with Crippen molar-refractivity contribution < 1.29 is 0 Å². The van der Waals surface area contributed by atoms with Gasteiger partial charge >= 0.3 is 0 Å². The van der Waals surface area contributed by atoms with E-state index in [1.807, 2.05) is 5.57 Å². The van der Waals surface area contributed by atoms with Crippen LogP contribution in [0.4, 0.5) is 0 Å². The Balaban J connectivity index is 1.44. The van der Waals surface area contributed by atoms with Gasteiger partial charge in [-0.15, -0.1) is 0 Å². The second kappa shape index (κ2) is 5.39. The molecule has 0 radical (unpaired) electrons. The maximum atomic E-state index is 2.69. The average Bonchev–Trinajstić information content (AvgIpc) is 2.60. The molecule has 5 rings (SSSR count). The van der Waals surface area contributed by atoms with Gasteiger partial charge in [0.25, 0.3) is 0 Å². The van der Waals surface area contributed by atoms with Gasteiger partial charge in [0.15, 0.2) is 0 Å². The van der Waals surface area contributed by atoms with Crippen LogP contribution in [0.2, 0.25) is 0 Å². The molecular weight excluding hydrogens is 264 g/mol. The monoisotopic (exact) mass is 294 g/mol. The van der Waals surface area contributed by atoms with Gasteiger partial charge in [0.2, 0.25) is 0 Å². The third kappa shape index (κ3) is 2.02. The van der Waals surface area contributed by atoms with Crippen molar-refractivity contribution in [3.63, 3.8) is 0 Å². The standard InChI is InChI=1S/C22H30/c1-3-7-17-15(5-1)9-11-21-19(17)13-14-20-18-8-4-2-6-16(18)10-12-22(20)21/h1,3,5,11,16-20,22H,2,4,6-10,12-14H2. The molecule has 0 aromatic rings. The predicted molar refractivity (Wildman–Crippen MR) is 92.4 cm³/mol. The first-order valence-electron chi connectivity index (χ1n) is 9.97. The molecule has 0 N–H and O–H groups in total. The van der Waals surface area contributed by atoms with E-state index < -0.39 is 0 Å². The van der Waals surface area contributed by atoms with Crippen molar-refractivity contribution in [2.24, 2.45) is 35.5 Å². The summed E-state index contributed by atoms with van der Waals surface area (Å²) < 4.78 is 0. The molecule has 0 aliphatic heterocycles. The summed E-state index contributed by atoms with van der Waals surface area (Å²) in [6.07, 6.45) is 24.7. The highest BCUT2D eigenvalue weighted by Crippen LogP contribution is 2.57. The molecule has 0 amide bonds. The van der Waals surface area contributed by atoms with Gasteiger partial charge in [0, 0.05) is 0 Å². The van der Waals surface area contributed by atoms with Crippen molar-refractivity contribution >= 4 is 0 Å². The van der Waals surface area contributed by atoms with Gasteiger partial charge in [-0.05, 0) is 80.5 Å². The molecule has 0 spiro atoms. The molecule has 0 heteroatoms. The molecule has 6 atom stereocenters. The van der Waals surface area contributed by atoms with Crippen LogP contribution in [0, 0.1) is 35.5 Å². The van der Waals surface area contributed by atoms with Gasteiger partial charge in [-0.25, -0.2) is 0 Å². The number of fused-ring (bicyclic) bond motifs is 7. The SMILES string of the molecule is C1=CCC2C(=C1)CC=C1C2CCC2C1CCC1CCCCC12. The van der Waals surface area contributed by atoms with E-state index in [9.17, 15) is 0 Å². The summed E-state index contributed by atoms with van der Waals surface area (Å²) in [6, 6.07) is 0. The fourth-order valence-electron chi connectivity index (χ4n) is 7.01. The van der Waals surface area contributed by atoms with E-state index in [4.69, 9.17) is 0 Å². The van der Waals surface area contributed by atoms with Crippen LogP contribution in [0.15, 0.2) is 35.5 Å². The maximum Gasteiger partial charge on any atom is -0.00966 e. The van der Waals surface area contributed by atoms with Crippen molar-refractivity contribution in [1.29, 1.82) is 0 Å². The molecule has 5 aliphatic rings. The van der Waals surface area contributed by atoms with E-state index in [-0.39, 0.29) is 0 Å². The number of hydrogen-bond acceptors (Lipinski definition) is 0. The van der Waals surface area contributed by atoms with E-state index in [1.54, 1.807) is 31.3 Å². The molecule has 0 aromatic carbocycles. The lowest BCUT2D eigenvalue weighted by molar-refractivity contribution is 0.0349. The number of hydrogen-bond donors (Lipinski definition) is 0. The predicted octanol–water partition coefficient (Wildman–Crippen LogP) is 6.06. The molecule has 0 saturated heterocycles. The van der Waals surface area contributed by atoms with Gasteiger partial charge in [-0.2, -0.15) is 0 Å². The highest BCUT2D eigenvalue weighted by atomic mass is 14.5. The molecular formula is C22H30. The summed E-state index contributed by atoms with van der Waals surface area (Å²) in [7, 11) is 0. The molecule has 6 unspecified atom stereocenters. The second-order valence-electron chi connectivity index (χ2n) is 8.66. The summed E-state index contributed by atoms with van der Waals surface area (Å²) in [5.41, 5.74) is 3.67. The first kappa shape index (κ1) is 13.6. The summed E-state index contributed by atoms with van der Waals surface area (Å²) >= 11 is 0. The van der Waals surface area contributed by atoms with E-state index >= 15 is 0 Å². The summed E-state index contributed by atoms with van der Waals surface area (Å²) in [6.45, 7) is 0. The fourth-order valence-corrected chi connectivity index (χ4v) is 7.01. The van der Waals surface area contributed by atoms with Crippen molar-refractivity contribution in [2.75, 3.05) is 0 Å². The topological polar surface area (TPSA) is 0 Å². The van der Waals surface area contributed by atoms with Crippen molar-refractivity contribution in [2.45, 2.75) is 64.2 Å². The Kier molecular flexibility index (Phi) is 3.34. The molecule has 0 bridgehead atoms. The number of allylic oxidation sites excluding steroid dienone is 6. The van der Waals surface area contributed by atoms with Crippen LogP contribution < -0.4 is 0 Å². The zero-order valence-corrected chi connectivity index (χ0v) is 13.8. The molecule has 118 valence electrons. The van der Waals surface area contributed by atoms with Crippen LogP contribution in [-0.4, -0.2) is 0 Å². The normalized spacial score (nSPS) is 46.5. The highest BCUT2D eigenvalue weighted by Gasteiger charge is 2.47. The van der Waals surface area contributed by atoms with E-state index in [0.717, 1.165) is 35.5 Å². The van der Waals surface area contributed by atoms with Crippen LogP contribution in [0.5, 0.6) is 0 Å². The molecule has 3 fully saturated rings. The first-order chi connectivity index (χ1) is 10.9. The molecule has 0 nitrogen and oxygen atoms in total. The van der Waals surface area contributed by atoms with E-state index in [2.05, 4.69) is 24.3 Å². The lowest BCUT2D eigenvalue weighted by Gasteiger charge is -2.53. The van der Waals surface area contributed by atoms with E-state index in [0.29, 0.717) is 0 Å². The molecule has 5 aliphatic carbocycles. The molecule has 0 aromatic heterocycles. The largest absolute Gasteiger partial charge is 0.0839 e. The Morgan fingerprint density at radius 1 is 0.773 bits per heavy atom. The smallest absolute Gasteiger partial charge is 0.00966 e. The van der Waals surface area contributed by atoms with Gasteiger partial charge in [0.1, 0.15) is 0 Å². The zero-order valence-electron chi connectivity index (χ0n) is 13.8. The Morgan fingerprint density at radius 3 is 2.68 bits per heavy atom. The quantitative estimate of drug-likeness (QED) is 0.476. The minimum Gasteiger partial charge on any atom is -0.0839 e. The van der Waals surface area contributed by atoms with Crippen molar-refractivity contribution in [3.05, 3.63) is 35.5 Å². The minimum atomic E-state index is 0.870. The molecule has 0 heterocycles. The van der Waals surface area contributed by atoms with Crippen molar-refractivity contribution in [3.8, 4) is 0 Å². The summed E-state index contributed by atoms with van der Waals surface area (Å²) in [4.78, 5) is 0. The van der Waals surface area contributed by atoms with E-state index in [1.165, 1.54) is 38.5 Å². The van der Waals surface area contributed by atoms with Crippen LogP contribution in [-0.2, 0) is 0 Å². The Labute approximate surface area is 135 Å². The zero-order chi connectivity index (χ0) is 14.5. The van der Waals surface area contributed by atoms with Crippen LogP contribution in [0.1, 0.15) is 64.2 Å². The maximum absolute atomic E-state index is 2.69. The Morgan fingerprint density at radius 2 is 1.68 bits per heavy atom. The first-order valence-corrected chi connectivity index (χ1v) is 9.97. The van der Waals surface area contributed by atoms with Crippen LogP contribution in [0.3, 0.4) is 0 Å². The second-order valence-corrected chi connectivity index (χ2v) is 8.66. The third-order valence-corrected chi connectivity index (χ3v) is 7.92. The van der Waals surface area contributed by atoms with Crippen LogP contribution >= 0.6 is 0 Å². The van der Waals surface area contributed by atoms with Gasteiger partial charge in [-0.3, -0.25) is 0 Å². The Bertz CT molecular complexity index is 534. The molecule has 22 heavy (non-hydrogen) atoms. The minimum absolute atomic E-state index is 0.870. The highest BCUT2D eigenvalue weighted by molar-refractivity contribution is 5.34. The van der Waals surface area contributed by atoms with Gasteiger partial charge in [0.05, 0.1) is 0 Å². The van der Waals surface area contributed by atoms with Gasteiger partial charge < -0.3 is 0 Å². The molecule has 3 saturated carbocycles. The number of rotatable bonds is 0. The third-order valence-electron chi connectivity index (χ3n) is 7.92. The van der Waals surface area contributed by atoms with Gasteiger partial charge in [-0.1, -0.05) is 54.7 Å². The van der Waals surface area contributed by atoms with Crippen LogP contribution in [0.25, 0.3) is 0 Å².